The molecule has 11 heteroatoms. The fraction of sp³-hybridized carbons (Fsp3) is 0.500. The number of sulfonamides is 1. The lowest BCUT2D eigenvalue weighted by molar-refractivity contribution is -0.141. The fourth-order valence-electron chi connectivity index (χ4n) is 4.17. The average Bonchev–Trinajstić information content (AvgIpc) is 2.86. The quantitative estimate of drug-likeness (QED) is 0.356. The normalized spacial score (nSPS) is 13.4. The Bertz CT molecular complexity index is 1230. The standard InChI is InChI=1S/C28H38F3N3O4S/c1-6-21(4)32-27(36)25(7-2)33(19-22-13-9-8-12-20(22)3)26(35)16-11-17-34(39(5,37)38)24-15-10-14-23(18-24)28(29,30)31/h8-10,12-15,18,21,25H,6-7,11,16-17,19H2,1-5H3,(H,32,36). The Morgan fingerprint density at radius 1 is 1.03 bits per heavy atom. The molecule has 0 aliphatic rings. The second-order valence-electron chi connectivity index (χ2n) is 9.68. The van der Waals surface area contributed by atoms with E-state index in [2.05, 4.69) is 5.32 Å². The van der Waals surface area contributed by atoms with E-state index in [0.717, 1.165) is 46.3 Å². The third-order valence-corrected chi connectivity index (χ3v) is 7.80. The third kappa shape index (κ3) is 9.26. The Morgan fingerprint density at radius 3 is 2.26 bits per heavy atom. The molecule has 7 nitrogen and oxygen atoms in total. The number of alkyl halides is 3. The van der Waals surface area contributed by atoms with Crippen LogP contribution < -0.4 is 9.62 Å². The first-order valence-electron chi connectivity index (χ1n) is 13.0. The van der Waals surface area contributed by atoms with E-state index in [4.69, 9.17) is 0 Å². The van der Waals surface area contributed by atoms with Crippen LogP contribution in [0.4, 0.5) is 18.9 Å². The Kier molecular flexibility index (Phi) is 11.4. The van der Waals surface area contributed by atoms with Crippen molar-refractivity contribution in [1.82, 2.24) is 10.2 Å². The van der Waals surface area contributed by atoms with Gasteiger partial charge in [0.2, 0.25) is 21.8 Å². The van der Waals surface area contributed by atoms with Crippen molar-refractivity contribution < 1.29 is 31.2 Å². The van der Waals surface area contributed by atoms with Crippen LogP contribution in [0.5, 0.6) is 0 Å². The van der Waals surface area contributed by atoms with Crippen LogP contribution in [0.1, 0.15) is 63.1 Å². The van der Waals surface area contributed by atoms with Crippen molar-refractivity contribution in [2.24, 2.45) is 0 Å². The molecule has 216 valence electrons. The maximum atomic E-state index is 13.5. The Labute approximate surface area is 229 Å². The van der Waals surface area contributed by atoms with Gasteiger partial charge in [-0.05, 0) is 62.4 Å². The number of amides is 2. The number of halogens is 3. The summed E-state index contributed by atoms with van der Waals surface area (Å²) in [5, 5.41) is 2.94. The van der Waals surface area contributed by atoms with E-state index >= 15 is 0 Å². The number of benzene rings is 2. The van der Waals surface area contributed by atoms with Crippen LogP contribution in [0.3, 0.4) is 0 Å². The van der Waals surface area contributed by atoms with Gasteiger partial charge in [-0.2, -0.15) is 13.2 Å². The minimum Gasteiger partial charge on any atom is -0.352 e. The Hall–Kier alpha value is -3.08. The molecule has 2 amide bonds. The van der Waals surface area contributed by atoms with Crippen LogP contribution in [0.15, 0.2) is 48.5 Å². The van der Waals surface area contributed by atoms with Crippen molar-refractivity contribution >= 4 is 27.5 Å². The van der Waals surface area contributed by atoms with E-state index in [9.17, 15) is 31.2 Å². The zero-order valence-corrected chi connectivity index (χ0v) is 23.9. The molecular weight excluding hydrogens is 531 g/mol. The van der Waals surface area contributed by atoms with Gasteiger partial charge in [-0.1, -0.05) is 44.2 Å². The first kappa shape index (κ1) is 32.1. The van der Waals surface area contributed by atoms with Crippen LogP contribution in [0.2, 0.25) is 0 Å². The van der Waals surface area contributed by atoms with Gasteiger partial charge in [-0.15, -0.1) is 0 Å². The molecular formula is C28H38F3N3O4S. The summed E-state index contributed by atoms with van der Waals surface area (Å²) < 4.78 is 65.4. The van der Waals surface area contributed by atoms with Gasteiger partial charge in [-0.3, -0.25) is 13.9 Å². The molecule has 0 fully saturated rings. The lowest BCUT2D eigenvalue weighted by Gasteiger charge is -2.32. The molecule has 2 aromatic rings. The van der Waals surface area contributed by atoms with Gasteiger partial charge >= 0.3 is 6.18 Å². The van der Waals surface area contributed by atoms with Crippen molar-refractivity contribution in [3.63, 3.8) is 0 Å². The lowest BCUT2D eigenvalue weighted by atomic mass is 10.0. The van der Waals surface area contributed by atoms with Crippen LogP contribution in [0, 0.1) is 6.92 Å². The Balaban J connectivity index is 2.28. The number of rotatable bonds is 13. The molecule has 1 N–H and O–H groups in total. The summed E-state index contributed by atoms with van der Waals surface area (Å²) in [6.07, 6.45) is -2.66. The topological polar surface area (TPSA) is 86.8 Å². The number of aryl methyl sites for hydroxylation is 1. The van der Waals surface area contributed by atoms with Gasteiger partial charge in [0.1, 0.15) is 6.04 Å². The number of hydrogen-bond acceptors (Lipinski definition) is 4. The zero-order valence-electron chi connectivity index (χ0n) is 23.1. The predicted octanol–water partition coefficient (Wildman–Crippen LogP) is 5.28. The second kappa shape index (κ2) is 13.8. The third-order valence-electron chi connectivity index (χ3n) is 6.60. The number of carbonyl (C=O) groups excluding carboxylic acids is 2. The molecule has 0 aliphatic heterocycles. The second-order valence-corrected chi connectivity index (χ2v) is 11.6. The van der Waals surface area contributed by atoms with Crippen molar-refractivity contribution in [1.29, 1.82) is 0 Å². The highest BCUT2D eigenvalue weighted by atomic mass is 32.2. The molecule has 0 aliphatic carbocycles. The van der Waals surface area contributed by atoms with E-state index in [1.807, 2.05) is 52.0 Å². The highest BCUT2D eigenvalue weighted by molar-refractivity contribution is 7.92. The molecule has 2 unspecified atom stereocenters. The predicted molar refractivity (Wildman–Crippen MR) is 147 cm³/mol. The lowest BCUT2D eigenvalue weighted by Crippen LogP contribution is -2.50. The molecule has 2 aromatic carbocycles. The molecule has 2 rings (SSSR count). The largest absolute Gasteiger partial charge is 0.416 e. The molecule has 0 heterocycles. The first-order valence-corrected chi connectivity index (χ1v) is 14.8. The fourth-order valence-corrected chi connectivity index (χ4v) is 5.13. The molecule has 0 bridgehead atoms. The van der Waals surface area contributed by atoms with Crippen LogP contribution in [0.25, 0.3) is 0 Å². The van der Waals surface area contributed by atoms with Crippen LogP contribution in [-0.2, 0) is 32.3 Å². The van der Waals surface area contributed by atoms with Gasteiger partial charge in [0.15, 0.2) is 0 Å². The van der Waals surface area contributed by atoms with E-state index in [1.165, 1.54) is 11.0 Å². The molecule has 39 heavy (non-hydrogen) atoms. The summed E-state index contributed by atoms with van der Waals surface area (Å²) in [4.78, 5) is 28.1. The van der Waals surface area contributed by atoms with Gasteiger partial charge in [0.05, 0.1) is 17.5 Å². The minimum atomic E-state index is -4.63. The van der Waals surface area contributed by atoms with E-state index in [1.54, 1.807) is 0 Å². The SMILES string of the molecule is CCC(C)NC(=O)C(CC)N(Cc1ccccc1C)C(=O)CCCN(c1cccc(C(F)(F)F)c1)S(C)(=O)=O. The van der Waals surface area contributed by atoms with Gasteiger partial charge in [-0.25, -0.2) is 8.42 Å². The summed E-state index contributed by atoms with van der Waals surface area (Å²) in [5.74, 6) is -0.614. The van der Waals surface area contributed by atoms with Crippen molar-refractivity contribution in [3.05, 3.63) is 65.2 Å². The maximum Gasteiger partial charge on any atom is 0.416 e. The summed E-state index contributed by atoms with van der Waals surface area (Å²) in [6.45, 7) is 7.56. The molecule has 0 radical (unpaired) electrons. The summed E-state index contributed by atoms with van der Waals surface area (Å²) in [6, 6.07) is 10.8. The number of hydrogen-bond donors (Lipinski definition) is 1. The highest BCUT2D eigenvalue weighted by Crippen LogP contribution is 2.32. The van der Waals surface area contributed by atoms with Crippen LogP contribution >= 0.6 is 0 Å². The van der Waals surface area contributed by atoms with Crippen molar-refractivity contribution in [2.45, 2.75) is 78.2 Å². The maximum absolute atomic E-state index is 13.5. The highest BCUT2D eigenvalue weighted by Gasteiger charge is 2.32. The van der Waals surface area contributed by atoms with E-state index in [0.29, 0.717) is 6.42 Å². The number of anilines is 1. The minimum absolute atomic E-state index is 0.0514. The average molecular weight is 570 g/mol. The summed E-state index contributed by atoms with van der Waals surface area (Å²) in [7, 11) is -3.93. The van der Waals surface area contributed by atoms with E-state index in [-0.39, 0.29) is 49.5 Å². The van der Waals surface area contributed by atoms with Crippen molar-refractivity contribution in [2.75, 3.05) is 17.1 Å². The Morgan fingerprint density at radius 2 is 1.69 bits per heavy atom. The smallest absolute Gasteiger partial charge is 0.352 e. The van der Waals surface area contributed by atoms with Gasteiger partial charge in [0, 0.05) is 25.6 Å². The molecule has 0 aromatic heterocycles. The molecule has 2 atom stereocenters. The zero-order chi connectivity index (χ0) is 29.4. The van der Waals surface area contributed by atoms with Gasteiger partial charge < -0.3 is 10.2 Å². The van der Waals surface area contributed by atoms with E-state index < -0.39 is 27.8 Å². The van der Waals surface area contributed by atoms with Crippen molar-refractivity contribution in [3.8, 4) is 0 Å². The number of carbonyl (C=O) groups is 2. The number of nitrogens with one attached hydrogen (secondary N) is 1. The van der Waals surface area contributed by atoms with Crippen LogP contribution in [-0.4, -0.2) is 50.0 Å². The first-order chi connectivity index (χ1) is 18.2. The monoisotopic (exact) mass is 569 g/mol. The molecule has 0 saturated carbocycles. The number of nitrogens with zero attached hydrogens (tertiary/aromatic N) is 2. The summed E-state index contributed by atoms with van der Waals surface area (Å²) >= 11 is 0. The van der Waals surface area contributed by atoms with Gasteiger partial charge in [0.25, 0.3) is 0 Å². The molecule has 0 spiro atoms. The summed E-state index contributed by atoms with van der Waals surface area (Å²) in [5.41, 5.74) is 0.741. The molecule has 0 saturated heterocycles.